The fourth-order valence-electron chi connectivity index (χ4n) is 1.15. The third-order valence-corrected chi connectivity index (χ3v) is 1.87. The van der Waals surface area contributed by atoms with Crippen molar-refractivity contribution in [2.24, 2.45) is 5.73 Å². The number of tetrazole rings is 1. The second kappa shape index (κ2) is 3.93. The van der Waals surface area contributed by atoms with Crippen molar-refractivity contribution >= 4 is 0 Å². The molecule has 6 nitrogen and oxygen atoms in total. The van der Waals surface area contributed by atoms with E-state index in [0.717, 1.165) is 5.56 Å². The highest BCUT2D eigenvalue weighted by Gasteiger charge is 2.03. The number of nitrogens with zero attached hydrogens (tertiary/aromatic N) is 5. The fraction of sp³-hybridized carbons (Fsp3) is 0.250. The highest BCUT2D eigenvalue weighted by atomic mass is 15.5. The summed E-state index contributed by atoms with van der Waals surface area (Å²) in [6.45, 7) is 0.972. The number of nitrogens with two attached hydrogens (primary N) is 1. The Morgan fingerprint density at radius 3 is 2.79 bits per heavy atom. The summed E-state index contributed by atoms with van der Waals surface area (Å²) in [5.74, 6) is 0.682. The Kier molecular flexibility index (Phi) is 2.46. The quantitative estimate of drug-likeness (QED) is 0.710. The lowest BCUT2D eigenvalue weighted by atomic mass is 10.3. The Morgan fingerprint density at radius 1 is 1.29 bits per heavy atom. The van der Waals surface area contributed by atoms with Gasteiger partial charge < -0.3 is 5.73 Å². The summed E-state index contributed by atoms with van der Waals surface area (Å²) >= 11 is 0. The van der Waals surface area contributed by atoms with Crippen molar-refractivity contribution < 1.29 is 0 Å². The van der Waals surface area contributed by atoms with Crippen LogP contribution in [0.5, 0.6) is 0 Å². The van der Waals surface area contributed by atoms with Crippen LogP contribution in [0.1, 0.15) is 11.4 Å². The van der Waals surface area contributed by atoms with Crippen LogP contribution >= 0.6 is 0 Å². The molecule has 0 bridgehead atoms. The molecule has 0 fully saturated rings. The molecule has 0 saturated heterocycles. The molecule has 0 aliphatic heterocycles. The maximum atomic E-state index is 5.47. The average molecular weight is 190 g/mol. The molecule has 0 unspecified atom stereocenters. The van der Waals surface area contributed by atoms with Gasteiger partial charge in [-0.2, -0.15) is 0 Å². The molecule has 2 heterocycles. The van der Waals surface area contributed by atoms with Crippen molar-refractivity contribution in [2.45, 2.75) is 13.1 Å². The molecule has 2 aromatic heterocycles. The number of rotatable bonds is 3. The Bertz CT molecular complexity index is 395. The molecular weight excluding hydrogens is 180 g/mol. The topological polar surface area (TPSA) is 82.5 Å². The normalized spacial score (nSPS) is 10.4. The van der Waals surface area contributed by atoms with E-state index in [1.54, 1.807) is 17.1 Å². The molecule has 0 saturated carbocycles. The lowest BCUT2D eigenvalue weighted by molar-refractivity contribution is 0.618. The van der Waals surface area contributed by atoms with Gasteiger partial charge in [-0.3, -0.25) is 4.98 Å². The summed E-state index contributed by atoms with van der Waals surface area (Å²) in [4.78, 5) is 3.93. The van der Waals surface area contributed by atoms with Crippen LogP contribution in [-0.4, -0.2) is 25.2 Å². The van der Waals surface area contributed by atoms with Gasteiger partial charge in [0.1, 0.15) is 0 Å². The van der Waals surface area contributed by atoms with Gasteiger partial charge in [-0.15, -0.1) is 5.10 Å². The van der Waals surface area contributed by atoms with Crippen molar-refractivity contribution in [3.8, 4) is 0 Å². The smallest absolute Gasteiger partial charge is 0.165 e. The van der Waals surface area contributed by atoms with E-state index in [0.29, 0.717) is 18.9 Å². The number of hydrogen-bond donors (Lipinski definition) is 1. The van der Waals surface area contributed by atoms with Crippen LogP contribution in [0, 0.1) is 0 Å². The first-order chi connectivity index (χ1) is 6.90. The van der Waals surface area contributed by atoms with Crippen LogP contribution in [-0.2, 0) is 13.1 Å². The van der Waals surface area contributed by atoms with Gasteiger partial charge in [0.15, 0.2) is 5.82 Å². The first kappa shape index (κ1) is 8.76. The first-order valence-corrected chi connectivity index (χ1v) is 4.24. The molecule has 0 atom stereocenters. The first-order valence-electron chi connectivity index (χ1n) is 4.24. The van der Waals surface area contributed by atoms with Crippen LogP contribution in [0.3, 0.4) is 0 Å². The van der Waals surface area contributed by atoms with E-state index in [1.807, 2.05) is 12.1 Å². The molecule has 0 radical (unpaired) electrons. The standard InChI is InChI=1S/C8H10N6/c9-5-8-11-12-13-14(8)6-7-1-3-10-4-2-7/h1-4H,5-6,9H2. The van der Waals surface area contributed by atoms with Crippen molar-refractivity contribution in [1.29, 1.82) is 0 Å². The maximum Gasteiger partial charge on any atom is 0.165 e. The van der Waals surface area contributed by atoms with Crippen LogP contribution < -0.4 is 5.73 Å². The predicted molar refractivity (Wildman–Crippen MR) is 49.0 cm³/mol. The van der Waals surface area contributed by atoms with Crippen LogP contribution in [0.15, 0.2) is 24.5 Å². The van der Waals surface area contributed by atoms with Crippen molar-refractivity contribution in [3.05, 3.63) is 35.9 Å². The summed E-state index contributed by atoms with van der Waals surface area (Å²) in [5, 5.41) is 11.2. The van der Waals surface area contributed by atoms with E-state index < -0.39 is 0 Å². The SMILES string of the molecule is NCc1nnnn1Cc1ccncc1. The number of pyridine rings is 1. The van der Waals surface area contributed by atoms with E-state index in [4.69, 9.17) is 5.73 Å². The van der Waals surface area contributed by atoms with Crippen molar-refractivity contribution in [2.75, 3.05) is 0 Å². The molecule has 2 N–H and O–H groups in total. The second-order valence-corrected chi connectivity index (χ2v) is 2.81. The number of hydrogen-bond acceptors (Lipinski definition) is 5. The summed E-state index contributed by atoms with van der Waals surface area (Å²) in [5.41, 5.74) is 6.57. The van der Waals surface area contributed by atoms with Gasteiger partial charge in [0.05, 0.1) is 13.1 Å². The summed E-state index contributed by atoms with van der Waals surface area (Å²) < 4.78 is 1.68. The Labute approximate surface area is 80.8 Å². The van der Waals surface area contributed by atoms with Crippen LogP contribution in [0.25, 0.3) is 0 Å². The largest absolute Gasteiger partial charge is 0.324 e. The molecule has 0 spiro atoms. The predicted octanol–water partition coefficient (Wildman–Crippen LogP) is -0.425. The Morgan fingerprint density at radius 2 is 2.07 bits per heavy atom. The van der Waals surface area contributed by atoms with Crippen molar-refractivity contribution in [3.63, 3.8) is 0 Å². The van der Waals surface area contributed by atoms with Crippen LogP contribution in [0.4, 0.5) is 0 Å². The Balaban J connectivity index is 2.19. The molecule has 2 aromatic rings. The minimum Gasteiger partial charge on any atom is -0.324 e. The minimum absolute atomic E-state index is 0.345. The lowest BCUT2D eigenvalue weighted by Gasteiger charge is -2.01. The lowest BCUT2D eigenvalue weighted by Crippen LogP contribution is -2.10. The number of aromatic nitrogens is 5. The maximum absolute atomic E-state index is 5.47. The minimum atomic E-state index is 0.345. The van der Waals surface area contributed by atoms with Gasteiger partial charge in [0, 0.05) is 12.4 Å². The summed E-state index contributed by atoms with van der Waals surface area (Å²) in [6, 6.07) is 3.84. The molecule has 14 heavy (non-hydrogen) atoms. The van der Waals surface area contributed by atoms with E-state index >= 15 is 0 Å². The van der Waals surface area contributed by atoms with Gasteiger partial charge >= 0.3 is 0 Å². The third-order valence-electron chi connectivity index (χ3n) is 1.87. The highest BCUT2D eigenvalue weighted by Crippen LogP contribution is 2.00. The van der Waals surface area contributed by atoms with E-state index in [9.17, 15) is 0 Å². The molecule has 72 valence electrons. The molecule has 0 aromatic carbocycles. The van der Waals surface area contributed by atoms with Gasteiger partial charge in [0.25, 0.3) is 0 Å². The zero-order valence-corrected chi connectivity index (χ0v) is 7.54. The van der Waals surface area contributed by atoms with Crippen LogP contribution in [0.2, 0.25) is 0 Å². The van der Waals surface area contributed by atoms with Gasteiger partial charge in [-0.25, -0.2) is 4.68 Å². The molecular formula is C8H10N6. The zero-order chi connectivity index (χ0) is 9.80. The highest BCUT2D eigenvalue weighted by molar-refractivity contribution is 5.10. The van der Waals surface area contributed by atoms with Gasteiger partial charge in [-0.1, -0.05) is 0 Å². The zero-order valence-electron chi connectivity index (χ0n) is 7.54. The second-order valence-electron chi connectivity index (χ2n) is 2.81. The van der Waals surface area contributed by atoms with E-state index in [-0.39, 0.29) is 0 Å². The Hall–Kier alpha value is -1.82. The summed E-state index contributed by atoms with van der Waals surface area (Å²) in [7, 11) is 0. The average Bonchev–Trinajstić information content (AvgIpc) is 2.67. The molecule has 6 heteroatoms. The van der Waals surface area contributed by atoms with E-state index in [2.05, 4.69) is 20.5 Å². The molecule has 0 amide bonds. The van der Waals surface area contributed by atoms with E-state index in [1.165, 1.54) is 0 Å². The van der Waals surface area contributed by atoms with Crippen molar-refractivity contribution in [1.82, 2.24) is 25.2 Å². The van der Waals surface area contributed by atoms with Gasteiger partial charge in [-0.05, 0) is 28.1 Å². The molecule has 0 aliphatic carbocycles. The van der Waals surface area contributed by atoms with Gasteiger partial charge in [0.2, 0.25) is 0 Å². The molecule has 2 rings (SSSR count). The summed E-state index contributed by atoms with van der Waals surface area (Å²) in [6.07, 6.45) is 3.48. The monoisotopic (exact) mass is 190 g/mol. The third kappa shape index (κ3) is 1.74. The molecule has 0 aliphatic rings. The fourth-order valence-corrected chi connectivity index (χ4v) is 1.15.